The number of amides is 2. The number of aryl methyl sites for hydroxylation is 1. The lowest BCUT2D eigenvalue weighted by Gasteiger charge is -2.40. The van der Waals surface area contributed by atoms with Crippen molar-refractivity contribution >= 4 is 6.03 Å². The van der Waals surface area contributed by atoms with Gasteiger partial charge in [0.1, 0.15) is 5.75 Å². The van der Waals surface area contributed by atoms with Crippen LogP contribution < -0.4 is 15.4 Å². The summed E-state index contributed by atoms with van der Waals surface area (Å²) in [5.41, 5.74) is 1.45. The summed E-state index contributed by atoms with van der Waals surface area (Å²) in [7, 11) is 0. The maximum absolute atomic E-state index is 12.3. The Hall–Kier alpha value is -1.93. The first-order chi connectivity index (χ1) is 12.0. The Morgan fingerprint density at radius 3 is 2.88 bits per heavy atom. The highest BCUT2D eigenvalue weighted by Crippen LogP contribution is 2.32. The molecule has 0 bridgehead atoms. The highest BCUT2D eigenvalue weighted by molar-refractivity contribution is 5.74. The molecule has 0 spiro atoms. The minimum Gasteiger partial charge on any atom is -0.435 e. The summed E-state index contributed by atoms with van der Waals surface area (Å²) in [6.07, 6.45) is 2.40. The number of fused-ring (bicyclic) bond motifs is 1. The summed E-state index contributed by atoms with van der Waals surface area (Å²) < 4.78 is 34.2. The number of hydrogen-bond acceptors (Lipinski definition) is 4. The van der Waals surface area contributed by atoms with Crippen LogP contribution in [0.4, 0.5) is 13.6 Å². The van der Waals surface area contributed by atoms with E-state index in [0.717, 1.165) is 30.4 Å². The van der Waals surface area contributed by atoms with Crippen molar-refractivity contribution in [2.45, 2.75) is 31.9 Å². The molecule has 3 rings (SSSR count). The van der Waals surface area contributed by atoms with E-state index in [-0.39, 0.29) is 29.8 Å². The van der Waals surface area contributed by atoms with Crippen LogP contribution in [0.3, 0.4) is 0 Å². The molecule has 2 amide bonds. The summed E-state index contributed by atoms with van der Waals surface area (Å²) in [6.45, 7) is -1.68. The monoisotopic (exact) mass is 356 g/mol. The molecule has 1 unspecified atom stereocenters. The number of rotatable bonds is 6. The fraction of sp³-hybridized carbons (Fsp3) is 0.588. The molecule has 25 heavy (non-hydrogen) atoms. The third kappa shape index (κ3) is 4.19. The average molecular weight is 356 g/mol. The molecule has 1 fully saturated rings. The molecule has 138 valence electrons. The lowest BCUT2D eigenvalue weighted by molar-refractivity contribution is -0.132. The Bertz CT molecular complexity index is 617. The van der Waals surface area contributed by atoms with Gasteiger partial charge in [-0.25, -0.2) is 4.79 Å². The van der Waals surface area contributed by atoms with Crippen LogP contribution in [0.1, 0.15) is 30.0 Å². The molecule has 1 aromatic carbocycles. The third-order valence-electron chi connectivity index (χ3n) is 4.74. The summed E-state index contributed by atoms with van der Waals surface area (Å²) in [4.78, 5) is 12.2. The van der Waals surface area contributed by atoms with Crippen molar-refractivity contribution in [2.75, 3.05) is 26.4 Å². The number of nitrogens with one attached hydrogen (secondary N) is 2. The van der Waals surface area contributed by atoms with Crippen LogP contribution >= 0.6 is 0 Å². The number of urea groups is 1. The third-order valence-corrected chi connectivity index (χ3v) is 4.74. The van der Waals surface area contributed by atoms with Gasteiger partial charge in [-0.05, 0) is 42.5 Å². The number of carbonyl (C=O) groups is 1. The lowest BCUT2D eigenvalue weighted by atomic mass is 9.87. The van der Waals surface area contributed by atoms with Crippen molar-refractivity contribution < 1.29 is 28.2 Å². The number of aliphatic hydroxyl groups excluding tert-OH is 1. The number of aliphatic hydroxyl groups is 1. The Kier molecular flexibility index (Phi) is 5.39. The molecular weight excluding hydrogens is 334 g/mol. The number of ether oxygens (including phenoxy) is 2. The van der Waals surface area contributed by atoms with Gasteiger partial charge in [-0.3, -0.25) is 0 Å². The van der Waals surface area contributed by atoms with Gasteiger partial charge < -0.3 is 25.2 Å². The molecule has 1 saturated heterocycles. The Labute approximate surface area is 144 Å². The van der Waals surface area contributed by atoms with Gasteiger partial charge in [0.15, 0.2) is 0 Å². The van der Waals surface area contributed by atoms with Crippen molar-refractivity contribution in [3.05, 3.63) is 29.3 Å². The van der Waals surface area contributed by atoms with Crippen molar-refractivity contribution in [3.63, 3.8) is 0 Å². The molecule has 1 heterocycles. The molecule has 6 nitrogen and oxygen atoms in total. The second-order valence-electron chi connectivity index (χ2n) is 6.66. The van der Waals surface area contributed by atoms with E-state index in [0.29, 0.717) is 19.8 Å². The quantitative estimate of drug-likeness (QED) is 0.728. The van der Waals surface area contributed by atoms with Gasteiger partial charge in [-0.15, -0.1) is 0 Å². The minimum absolute atomic E-state index is 0.0353. The normalized spacial score (nSPS) is 21.2. The second-order valence-corrected chi connectivity index (χ2v) is 6.66. The maximum atomic E-state index is 12.3. The first kappa shape index (κ1) is 17.9. The zero-order chi connectivity index (χ0) is 17.9. The summed E-state index contributed by atoms with van der Waals surface area (Å²) in [5, 5.41) is 15.1. The fourth-order valence-corrected chi connectivity index (χ4v) is 3.23. The average Bonchev–Trinajstić information content (AvgIpc) is 2.54. The summed E-state index contributed by atoms with van der Waals surface area (Å²) in [6, 6.07) is 4.35. The number of benzene rings is 1. The van der Waals surface area contributed by atoms with E-state index in [1.54, 1.807) is 12.1 Å². The van der Waals surface area contributed by atoms with Crippen LogP contribution in [-0.4, -0.2) is 44.1 Å². The Morgan fingerprint density at radius 1 is 1.44 bits per heavy atom. The maximum Gasteiger partial charge on any atom is 0.387 e. The molecule has 1 aliphatic heterocycles. The molecule has 1 aliphatic carbocycles. The fourth-order valence-electron chi connectivity index (χ4n) is 3.23. The number of alkyl halides is 2. The zero-order valence-electron chi connectivity index (χ0n) is 13.8. The zero-order valence-corrected chi connectivity index (χ0v) is 13.8. The van der Waals surface area contributed by atoms with Crippen molar-refractivity contribution in [1.82, 2.24) is 10.6 Å². The van der Waals surface area contributed by atoms with E-state index in [1.165, 1.54) is 6.07 Å². The molecule has 2 aliphatic rings. The molecule has 0 radical (unpaired) electrons. The number of hydrogen-bond donors (Lipinski definition) is 3. The van der Waals surface area contributed by atoms with Crippen molar-refractivity contribution in [2.24, 2.45) is 5.41 Å². The lowest BCUT2D eigenvalue weighted by Crippen LogP contribution is -2.54. The first-order valence-corrected chi connectivity index (χ1v) is 8.32. The molecule has 3 N–H and O–H groups in total. The van der Waals surface area contributed by atoms with Crippen LogP contribution in [-0.2, 0) is 11.2 Å². The van der Waals surface area contributed by atoms with Crippen LogP contribution in [0, 0.1) is 5.41 Å². The van der Waals surface area contributed by atoms with E-state index in [1.807, 2.05) is 0 Å². The second kappa shape index (κ2) is 7.53. The van der Waals surface area contributed by atoms with Crippen LogP contribution in [0.5, 0.6) is 5.75 Å². The van der Waals surface area contributed by atoms with Crippen LogP contribution in [0.2, 0.25) is 0 Å². The van der Waals surface area contributed by atoms with Gasteiger partial charge >= 0.3 is 12.6 Å². The summed E-state index contributed by atoms with van der Waals surface area (Å²) >= 11 is 0. The van der Waals surface area contributed by atoms with Gasteiger partial charge in [0, 0.05) is 6.54 Å². The standard InChI is InChI=1S/C17H22F2N2O4/c18-15(19)25-12-4-5-13-11(6-12)2-1-3-14(13)21-16(23)20-7-17(8-22)9-24-10-17/h4-6,14-15,22H,1-3,7-10H2,(H2,20,21,23). The Morgan fingerprint density at radius 2 is 2.24 bits per heavy atom. The van der Waals surface area contributed by atoms with Crippen molar-refractivity contribution in [1.29, 1.82) is 0 Å². The topological polar surface area (TPSA) is 79.8 Å². The molecule has 8 heteroatoms. The number of carbonyl (C=O) groups excluding carboxylic acids is 1. The molecular formula is C17H22F2N2O4. The Balaban J connectivity index is 1.59. The van der Waals surface area contributed by atoms with E-state index in [4.69, 9.17) is 4.74 Å². The molecule has 0 saturated carbocycles. The predicted molar refractivity (Wildman–Crippen MR) is 85.6 cm³/mol. The van der Waals surface area contributed by atoms with E-state index < -0.39 is 6.61 Å². The molecule has 1 atom stereocenters. The van der Waals surface area contributed by atoms with Gasteiger partial charge in [0.25, 0.3) is 0 Å². The van der Waals surface area contributed by atoms with Crippen molar-refractivity contribution in [3.8, 4) is 5.75 Å². The minimum atomic E-state index is -2.85. The number of halogens is 2. The van der Waals surface area contributed by atoms with E-state index in [2.05, 4.69) is 15.4 Å². The summed E-state index contributed by atoms with van der Waals surface area (Å²) in [5.74, 6) is 0.133. The predicted octanol–water partition coefficient (Wildman–Crippen LogP) is 1.97. The SMILES string of the molecule is O=C(NCC1(CO)COC1)NC1CCCc2cc(OC(F)F)ccc21. The van der Waals surface area contributed by atoms with Crippen LogP contribution in [0.25, 0.3) is 0 Å². The highest BCUT2D eigenvalue weighted by Gasteiger charge is 2.38. The first-order valence-electron chi connectivity index (χ1n) is 8.32. The smallest absolute Gasteiger partial charge is 0.387 e. The van der Waals surface area contributed by atoms with Gasteiger partial charge in [0.05, 0.1) is 31.3 Å². The van der Waals surface area contributed by atoms with Crippen LogP contribution in [0.15, 0.2) is 18.2 Å². The van der Waals surface area contributed by atoms with Gasteiger partial charge in [-0.1, -0.05) is 6.07 Å². The van der Waals surface area contributed by atoms with E-state index in [9.17, 15) is 18.7 Å². The highest BCUT2D eigenvalue weighted by atomic mass is 19.3. The van der Waals surface area contributed by atoms with Gasteiger partial charge in [0.2, 0.25) is 0 Å². The van der Waals surface area contributed by atoms with E-state index >= 15 is 0 Å². The molecule has 1 aromatic rings. The molecule has 0 aromatic heterocycles. The van der Waals surface area contributed by atoms with Gasteiger partial charge in [-0.2, -0.15) is 8.78 Å². The largest absolute Gasteiger partial charge is 0.435 e.